The van der Waals surface area contributed by atoms with Crippen LogP contribution >= 0.6 is 11.6 Å². The zero-order valence-corrected chi connectivity index (χ0v) is 17.3. The lowest BCUT2D eigenvalue weighted by Gasteiger charge is -2.36. The van der Waals surface area contributed by atoms with Gasteiger partial charge in [-0.15, -0.1) is 0 Å². The Kier molecular flexibility index (Phi) is 5.51. The summed E-state index contributed by atoms with van der Waals surface area (Å²) in [7, 11) is 1.83. The molecule has 3 N–H and O–H groups in total. The van der Waals surface area contributed by atoms with Crippen LogP contribution in [0.3, 0.4) is 0 Å². The van der Waals surface area contributed by atoms with Gasteiger partial charge in [0.1, 0.15) is 34.3 Å². The Bertz CT molecular complexity index is 1220. The molecule has 1 aromatic heterocycles. The second-order valence-electron chi connectivity index (χ2n) is 7.57. The van der Waals surface area contributed by atoms with E-state index < -0.39 is 29.4 Å². The molecule has 2 unspecified atom stereocenters. The van der Waals surface area contributed by atoms with Gasteiger partial charge in [0.2, 0.25) is 0 Å². The molecule has 0 saturated carbocycles. The number of nitrogens with zero attached hydrogens (tertiary/aromatic N) is 1. The fraction of sp³-hybridized carbons (Fsp3) is 0.273. The third-order valence-electron chi connectivity index (χ3n) is 5.52. The predicted molar refractivity (Wildman–Crippen MR) is 114 cm³/mol. The van der Waals surface area contributed by atoms with Gasteiger partial charge in [0.15, 0.2) is 5.43 Å². The normalized spacial score (nSPS) is 19.4. The summed E-state index contributed by atoms with van der Waals surface area (Å²) in [6.45, 7) is 0.910. The van der Waals surface area contributed by atoms with Crippen molar-refractivity contribution in [2.45, 2.75) is 18.4 Å². The number of hydrogen-bond acceptors (Lipinski definition) is 7. The van der Waals surface area contributed by atoms with Crippen molar-refractivity contribution < 1.29 is 29.3 Å². The average Bonchev–Trinajstić information content (AvgIpc) is 2.68. The van der Waals surface area contributed by atoms with Crippen LogP contribution in [0.4, 0.5) is 4.79 Å². The third kappa shape index (κ3) is 3.92. The van der Waals surface area contributed by atoms with E-state index in [-0.39, 0.29) is 28.0 Å². The molecule has 0 bridgehead atoms. The molecule has 162 valence electrons. The second kappa shape index (κ2) is 8.13. The van der Waals surface area contributed by atoms with Crippen LogP contribution in [0.5, 0.6) is 11.5 Å². The van der Waals surface area contributed by atoms with Gasteiger partial charge in [-0.1, -0.05) is 23.7 Å². The van der Waals surface area contributed by atoms with Crippen LogP contribution < -0.4 is 5.43 Å². The summed E-state index contributed by atoms with van der Waals surface area (Å²) in [5.74, 6) is -1.16. The lowest BCUT2D eigenvalue weighted by molar-refractivity contribution is 0.00695. The first kappa shape index (κ1) is 21.0. The quantitative estimate of drug-likeness (QED) is 0.517. The van der Waals surface area contributed by atoms with Gasteiger partial charge < -0.3 is 29.4 Å². The lowest BCUT2D eigenvalue weighted by Crippen LogP contribution is -2.43. The molecule has 8 nitrogen and oxygen atoms in total. The summed E-state index contributed by atoms with van der Waals surface area (Å²) in [5.41, 5.74) is 0.156. The van der Waals surface area contributed by atoms with Gasteiger partial charge in [0.05, 0.1) is 5.02 Å². The number of phenols is 2. The Morgan fingerprint density at radius 3 is 2.68 bits per heavy atom. The fourth-order valence-corrected chi connectivity index (χ4v) is 4.35. The highest BCUT2D eigenvalue weighted by Gasteiger charge is 2.36. The molecule has 2 aromatic carbocycles. The zero-order chi connectivity index (χ0) is 22.3. The van der Waals surface area contributed by atoms with Gasteiger partial charge >= 0.3 is 6.16 Å². The van der Waals surface area contributed by atoms with E-state index in [0.29, 0.717) is 30.1 Å². The number of likely N-dealkylation sites (tertiary alicyclic amines) is 1. The zero-order valence-electron chi connectivity index (χ0n) is 16.5. The Labute approximate surface area is 181 Å². The fourth-order valence-electron chi connectivity index (χ4n) is 4.12. The van der Waals surface area contributed by atoms with Gasteiger partial charge in [0.25, 0.3) is 0 Å². The van der Waals surface area contributed by atoms with Crippen LogP contribution in [0.25, 0.3) is 22.3 Å². The van der Waals surface area contributed by atoms with E-state index in [9.17, 15) is 24.9 Å². The molecule has 9 heteroatoms. The van der Waals surface area contributed by atoms with E-state index in [1.807, 2.05) is 11.9 Å². The number of fused-ring (bicyclic) bond motifs is 1. The third-order valence-corrected chi connectivity index (χ3v) is 5.85. The van der Waals surface area contributed by atoms with Gasteiger partial charge in [-0.2, -0.15) is 0 Å². The predicted octanol–water partition coefficient (Wildman–Crippen LogP) is 4.01. The molecule has 0 amide bonds. The molecule has 1 saturated heterocycles. The minimum atomic E-state index is -1.44. The summed E-state index contributed by atoms with van der Waals surface area (Å²) in [6.07, 6.45) is -1.79. The van der Waals surface area contributed by atoms with E-state index in [1.54, 1.807) is 24.3 Å². The number of rotatable bonds is 3. The molecule has 3 aromatic rings. The number of carboxylic acid groups (broad SMARTS) is 1. The molecular weight excluding hydrogens is 426 g/mol. The standard InChI is InChI=1S/C22H20ClNO7/c1-24-7-6-12(18(10-24)31-22(28)29)19-14(25)8-15(26)20-16(27)9-17(30-21(19)20)11-4-2-3-5-13(11)23/h2-5,8-9,12,18,25-26H,6-7,10H2,1H3,(H,28,29). The Morgan fingerprint density at radius 2 is 1.97 bits per heavy atom. The van der Waals surface area contributed by atoms with Crippen molar-refractivity contribution in [1.82, 2.24) is 4.90 Å². The topological polar surface area (TPSA) is 120 Å². The van der Waals surface area contributed by atoms with Crippen LogP contribution in [-0.4, -0.2) is 52.6 Å². The van der Waals surface area contributed by atoms with Crippen molar-refractivity contribution in [2.24, 2.45) is 0 Å². The van der Waals surface area contributed by atoms with E-state index >= 15 is 0 Å². The summed E-state index contributed by atoms with van der Waals surface area (Å²) in [5, 5.41) is 30.5. The van der Waals surface area contributed by atoms with E-state index in [1.165, 1.54) is 6.07 Å². The summed E-state index contributed by atoms with van der Waals surface area (Å²) in [6, 6.07) is 9.10. The summed E-state index contributed by atoms with van der Waals surface area (Å²) >= 11 is 6.26. The average molecular weight is 446 g/mol. The van der Waals surface area contributed by atoms with Crippen molar-refractivity contribution in [3.05, 3.63) is 57.2 Å². The van der Waals surface area contributed by atoms with E-state index in [0.717, 1.165) is 6.07 Å². The number of likely N-dealkylation sites (N-methyl/N-ethyl adjacent to an activating group) is 1. The Hall–Kier alpha value is -3.23. The number of carbonyl (C=O) groups is 1. The van der Waals surface area contributed by atoms with Gasteiger partial charge in [-0.25, -0.2) is 4.79 Å². The van der Waals surface area contributed by atoms with Gasteiger partial charge in [0, 0.05) is 35.7 Å². The number of phenolic OH excluding ortho intramolecular Hbond substituents is 2. The minimum absolute atomic E-state index is 0.0199. The van der Waals surface area contributed by atoms with Crippen molar-refractivity contribution in [3.8, 4) is 22.8 Å². The molecule has 1 fully saturated rings. The largest absolute Gasteiger partial charge is 0.507 e. The summed E-state index contributed by atoms with van der Waals surface area (Å²) < 4.78 is 11.1. The lowest BCUT2D eigenvalue weighted by atomic mass is 9.85. The van der Waals surface area contributed by atoms with Crippen molar-refractivity contribution in [3.63, 3.8) is 0 Å². The molecule has 0 spiro atoms. The molecule has 1 aliphatic rings. The molecule has 2 heterocycles. The molecule has 0 radical (unpaired) electrons. The molecule has 1 aliphatic heterocycles. The highest BCUT2D eigenvalue weighted by atomic mass is 35.5. The van der Waals surface area contributed by atoms with Crippen molar-refractivity contribution >= 4 is 28.7 Å². The molecule has 4 rings (SSSR count). The minimum Gasteiger partial charge on any atom is -0.507 e. The number of aromatic hydroxyl groups is 2. The first-order valence-electron chi connectivity index (χ1n) is 9.62. The first-order chi connectivity index (χ1) is 14.8. The van der Waals surface area contributed by atoms with E-state index in [2.05, 4.69) is 0 Å². The van der Waals surface area contributed by atoms with Crippen LogP contribution in [0.2, 0.25) is 5.02 Å². The van der Waals surface area contributed by atoms with Crippen LogP contribution in [0.1, 0.15) is 17.9 Å². The number of benzene rings is 2. The van der Waals surface area contributed by atoms with Crippen molar-refractivity contribution in [1.29, 1.82) is 0 Å². The Balaban J connectivity index is 1.97. The number of piperidine rings is 1. The van der Waals surface area contributed by atoms with Crippen LogP contribution in [0, 0.1) is 0 Å². The van der Waals surface area contributed by atoms with Crippen LogP contribution in [-0.2, 0) is 4.74 Å². The molecule has 0 aliphatic carbocycles. The monoisotopic (exact) mass is 445 g/mol. The summed E-state index contributed by atoms with van der Waals surface area (Å²) in [4.78, 5) is 26.0. The number of ether oxygens (including phenoxy) is 1. The maximum Gasteiger partial charge on any atom is 0.506 e. The first-order valence-corrected chi connectivity index (χ1v) is 9.99. The van der Waals surface area contributed by atoms with Crippen LogP contribution in [0.15, 0.2) is 45.6 Å². The highest BCUT2D eigenvalue weighted by Crippen LogP contribution is 2.43. The maximum absolute atomic E-state index is 12.9. The van der Waals surface area contributed by atoms with E-state index in [4.69, 9.17) is 20.8 Å². The number of hydrogen-bond donors (Lipinski definition) is 3. The molecule has 2 atom stereocenters. The smallest absolute Gasteiger partial charge is 0.506 e. The maximum atomic E-state index is 12.9. The molecule has 31 heavy (non-hydrogen) atoms. The highest BCUT2D eigenvalue weighted by molar-refractivity contribution is 6.33. The Morgan fingerprint density at radius 1 is 1.23 bits per heavy atom. The number of halogens is 1. The SMILES string of the molecule is CN1CCC(c2c(O)cc(O)c3c(=O)cc(-c4ccccc4Cl)oc23)C(OC(=O)O)C1. The van der Waals surface area contributed by atoms with Crippen molar-refractivity contribution in [2.75, 3.05) is 20.1 Å². The van der Waals surface area contributed by atoms with Gasteiger partial charge in [-0.05, 0) is 32.1 Å². The molecular formula is C22H20ClNO7. The second-order valence-corrected chi connectivity index (χ2v) is 7.97. The van der Waals surface area contributed by atoms with Gasteiger partial charge in [-0.3, -0.25) is 4.79 Å².